The van der Waals surface area contributed by atoms with Crippen LogP contribution in [-0.2, 0) is 14.8 Å². The zero-order chi connectivity index (χ0) is 14.8. The monoisotopic (exact) mass is 317 g/mol. The summed E-state index contributed by atoms with van der Waals surface area (Å²) >= 11 is 6.13. The third-order valence-corrected chi connectivity index (χ3v) is 5.19. The first-order chi connectivity index (χ1) is 9.44. The molecule has 0 radical (unpaired) electrons. The van der Waals surface area contributed by atoms with Crippen LogP contribution in [0.5, 0.6) is 0 Å². The van der Waals surface area contributed by atoms with Gasteiger partial charge in [0.15, 0.2) is 0 Å². The maximum Gasteiger partial charge on any atom is 0.238 e. The molecule has 0 spiro atoms. The maximum absolute atomic E-state index is 12.0. The number of anilines is 2. The van der Waals surface area contributed by atoms with E-state index in [1.54, 1.807) is 12.1 Å². The molecule has 1 saturated heterocycles. The number of nitrogens with two attached hydrogens (primary N) is 1. The first-order valence-electron chi connectivity index (χ1n) is 6.24. The van der Waals surface area contributed by atoms with Gasteiger partial charge in [-0.1, -0.05) is 11.6 Å². The van der Waals surface area contributed by atoms with Crippen molar-refractivity contribution in [2.24, 2.45) is 5.73 Å². The van der Waals surface area contributed by atoms with Gasteiger partial charge in [-0.2, -0.15) is 0 Å². The number of rotatable bonds is 3. The van der Waals surface area contributed by atoms with Gasteiger partial charge in [-0.15, -0.1) is 0 Å². The van der Waals surface area contributed by atoms with Gasteiger partial charge in [0.05, 0.1) is 23.0 Å². The van der Waals surface area contributed by atoms with Crippen molar-refractivity contribution in [2.45, 2.75) is 12.8 Å². The molecule has 0 aliphatic carbocycles. The van der Waals surface area contributed by atoms with Crippen LogP contribution >= 0.6 is 11.6 Å². The molecular weight excluding hydrogens is 302 g/mol. The van der Waals surface area contributed by atoms with Crippen molar-refractivity contribution in [3.63, 3.8) is 0 Å². The minimum Gasteiger partial charge on any atom is -0.325 e. The fourth-order valence-corrected chi connectivity index (χ4v) is 4.05. The Balaban J connectivity index is 2.27. The molecule has 1 fully saturated rings. The van der Waals surface area contributed by atoms with Gasteiger partial charge in [0.25, 0.3) is 0 Å². The number of hydrogen-bond donors (Lipinski definition) is 2. The smallest absolute Gasteiger partial charge is 0.238 e. The molecule has 1 amide bonds. The summed E-state index contributed by atoms with van der Waals surface area (Å²) in [6.07, 6.45) is 1.47. The van der Waals surface area contributed by atoms with E-state index in [1.165, 1.54) is 10.4 Å². The molecule has 1 aromatic rings. The Kier molecular flexibility index (Phi) is 4.52. The van der Waals surface area contributed by atoms with Gasteiger partial charge >= 0.3 is 0 Å². The summed E-state index contributed by atoms with van der Waals surface area (Å²) in [7, 11) is -3.30. The quantitative estimate of drug-likeness (QED) is 0.875. The highest BCUT2D eigenvalue weighted by Crippen LogP contribution is 2.32. The van der Waals surface area contributed by atoms with E-state index in [1.807, 2.05) is 0 Å². The van der Waals surface area contributed by atoms with Gasteiger partial charge in [-0.3, -0.25) is 9.10 Å². The fraction of sp³-hybridized carbons (Fsp3) is 0.417. The van der Waals surface area contributed by atoms with E-state index in [9.17, 15) is 13.2 Å². The van der Waals surface area contributed by atoms with Gasteiger partial charge in [-0.25, -0.2) is 8.42 Å². The highest BCUT2D eigenvalue weighted by atomic mass is 35.5. The second-order valence-corrected chi connectivity index (χ2v) is 6.93. The third-order valence-electron chi connectivity index (χ3n) is 3.03. The standard InChI is InChI=1S/C12H16ClN3O3S/c13-10-7-9(15-12(17)8-14)3-4-11(10)16-5-1-2-6-20(16,18)19/h3-4,7H,1-2,5-6,8,14H2,(H,15,17). The fourth-order valence-electron chi connectivity index (χ4n) is 2.06. The zero-order valence-corrected chi connectivity index (χ0v) is 12.4. The molecule has 1 aliphatic heterocycles. The molecule has 0 unspecified atom stereocenters. The van der Waals surface area contributed by atoms with Gasteiger partial charge in [0.1, 0.15) is 0 Å². The van der Waals surface area contributed by atoms with Crippen LogP contribution in [0, 0.1) is 0 Å². The highest BCUT2D eigenvalue weighted by Gasteiger charge is 2.27. The zero-order valence-electron chi connectivity index (χ0n) is 10.8. The molecule has 20 heavy (non-hydrogen) atoms. The number of amides is 1. The summed E-state index contributed by atoms with van der Waals surface area (Å²) in [5.41, 5.74) is 6.14. The lowest BCUT2D eigenvalue weighted by molar-refractivity contribution is -0.114. The first-order valence-corrected chi connectivity index (χ1v) is 8.22. The molecule has 6 nitrogen and oxygen atoms in total. The molecule has 110 valence electrons. The molecule has 3 N–H and O–H groups in total. The molecule has 1 heterocycles. The SMILES string of the molecule is NCC(=O)Nc1ccc(N2CCCCS2(=O)=O)c(Cl)c1. The summed E-state index contributed by atoms with van der Waals surface area (Å²) in [5, 5.41) is 2.85. The molecule has 0 atom stereocenters. The Morgan fingerprint density at radius 1 is 1.40 bits per heavy atom. The molecule has 8 heteroatoms. The Morgan fingerprint density at radius 3 is 2.75 bits per heavy atom. The number of hydrogen-bond acceptors (Lipinski definition) is 4. The van der Waals surface area contributed by atoms with Crippen LogP contribution in [0.2, 0.25) is 5.02 Å². The summed E-state index contributed by atoms with van der Waals surface area (Å²) < 4.78 is 25.4. The molecule has 0 aromatic heterocycles. The van der Waals surface area contributed by atoms with Crippen molar-refractivity contribution < 1.29 is 13.2 Å². The number of nitrogens with zero attached hydrogens (tertiary/aromatic N) is 1. The van der Waals surface area contributed by atoms with Crippen LogP contribution < -0.4 is 15.4 Å². The van der Waals surface area contributed by atoms with E-state index in [0.717, 1.165) is 6.42 Å². The highest BCUT2D eigenvalue weighted by molar-refractivity contribution is 7.92. The van der Waals surface area contributed by atoms with Gasteiger partial charge < -0.3 is 11.1 Å². The number of carbonyl (C=O) groups excluding carboxylic acids is 1. The Hall–Kier alpha value is -1.31. The van der Waals surface area contributed by atoms with E-state index >= 15 is 0 Å². The van der Waals surface area contributed by atoms with Crippen LogP contribution in [0.3, 0.4) is 0 Å². The summed E-state index contributed by atoms with van der Waals surface area (Å²) in [6, 6.07) is 4.73. The van der Waals surface area contributed by atoms with Crippen LogP contribution in [0.15, 0.2) is 18.2 Å². The largest absolute Gasteiger partial charge is 0.325 e. The van der Waals surface area contributed by atoms with Crippen LogP contribution in [0.25, 0.3) is 0 Å². The van der Waals surface area contributed by atoms with E-state index < -0.39 is 10.0 Å². The molecule has 0 bridgehead atoms. The average Bonchev–Trinajstić information content (AvgIpc) is 2.39. The molecule has 2 rings (SSSR count). The van der Waals surface area contributed by atoms with Crippen molar-refractivity contribution in [2.75, 3.05) is 28.5 Å². The molecule has 1 aliphatic rings. The average molecular weight is 318 g/mol. The van der Waals surface area contributed by atoms with Gasteiger partial charge in [-0.05, 0) is 31.0 Å². The topological polar surface area (TPSA) is 92.5 Å². The predicted molar refractivity (Wildman–Crippen MR) is 79.5 cm³/mol. The second kappa shape index (κ2) is 5.99. The van der Waals surface area contributed by atoms with Crippen molar-refractivity contribution in [1.82, 2.24) is 0 Å². The minimum absolute atomic E-state index is 0.125. The third kappa shape index (κ3) is 3.23. The minimum atomic E-state index is -3.30. The van der Waals surface area contributed by atoms with E-state index in [-0.39, 0.29) is 23.2 Å². The van der Waals surface area contributed by atoms with Gasteiger partial charge in [0.2, 0.25) is 15.9 Å². The summed E-state index contributed by atoms with van der Waals surface area (Å²) in [6.45, 7) is 0.302. The number of carbonyl (C=O) groups is 1. The molecular formula is C12H16ClN3O3S. The number of sulfonamides is 1. The lowest BCUT2D eigenvalue weighted by Crippen LogP contribution is -2.38. The summed E-state index contributed by atoms with van der Waals surface area (Å²) in [5.74, 6) is -0.200. The maximum atomic E-state index is 12.0. The Labute approximate surface area is 122 Å². The Morgan fingerprint density at radius 2 is 2.15 bits per heavy atom. The van der Waals surface area contributed by atoms with Crippen LogP contribution in [0.4, 0.5) is 11.4 Å². The number of benzene rings is 1. The van der Waals surface area contributed by atoms with E-state index in [0.29, 0.717) is 24.3 Å². The summed E-state index contributed by atoms with van der Waals surface area (Å²) in [4.78, 5) is 11.2. The second-order valence-electron chi connectivity index (χ2n) is 4.51. The first kappa shape index (κ1) is 15.1. The van der Waals surface area contributed by atoms with Crippen LogP contribution in [0.1, 0.15) is 12.8 Å². The van der Waals surface area contributed by atoms with E-state index in [2.05, 4.69) is 5.32 Å². The van der Waals surface area contributed by atoms with Crippen molar-refractivity contribution in [3.05, 3.63) is 23.2 Å². The lowest BCUT2D eigenvalue weighted by Gasteiger charge is -2.29. The van der Waals surface area contributed by atoms with E-state index in [4.69, 9.17) is 17.3 Å². The lowest BCUT2D eigenvalue weighted by atomic mass is 10.2. The Bertz CT molecular complexity index is 618. The molecule has 1 aromatic carbocycles. The molecule has 0 saturated carbocycles. The van der Waals surface area contributed by atoms with Crippen molar-refractivity contribution in [3.8, 4) is 0 Å². The predicted octanol–water partition coefficient (Wildman–Crippen LogP) is 1.17. The normalized spacial score (nSPS) is 17.8. The number of halogens is 1. The number of nitrogens with one attached hydrogen (secondary N) is 1. The van der Waals surface area contributed by atoms with Gasteiger partial charge in [0, 0.05) is 12.2 Å². The van der Waals surface area contributed by atoms with Crippen LogP contribution in [-0.4, -0.2) is 33.2 Å². The van der Waals surface area contributed by atoms with Crippen molar-refractivity contribution in [1.29, 1.82) is 0 Å². The van der Waals surface area contributed by atoms with Crippen molar-refractivity contribution >= 4 is 38.9 Å².